The van der Waals surface area contributed by atoms with E-state index in [0.29, 0.717) is 16.8 Å². The Labute approximate surface area is 234 Å². The zero-order valence-electron chi connectivity index (χ0n) is 22.2. The van der Waals surface area contributed by atoms with E-state index in [2.05, 4.69) is 29.2 Å². The molecule has 0 aliphatic rings. The number of thiol groups is 1. The molecule has 3 aromatic carbocycles. The van der Waals surface area contributed by atoms with Gasteiger partial charge >= 0.3 is 6.09 Å². The highest BCUT2D eigenvalue weighted by atomic mass is 32.1. The van der Waals surface area contributed by atoms with Crippen molar-refractivity contribution in [2.24, 2.45) is 0 Å². The van der Waals surface area contributed by atoms with Gasteiger partial charge in [-0.1, -0.05) is 54.5 Å². The molecule has 0 saturated heterocycles. The maximum atomic E-state index is 13.9. The summed E-state index contributed by atoms with van der Waals surface area (Å²) in [5, 5.41) is 17.2. The number of benzene rings is 3. The summed E-state index contributed by atoms with van der Waals surface area (Å²) in [6.45, 7) is 4.47. The highest BCUT2D eigenvalue weighted by Gasteiger charge is 2.36. The monoisotopic (exact) mass is 547 g/mol. The van der Waals surface area contributed by atoms with Gasteiger partial charge in [-0.15, -0.1) is 6.42 Å². The van der Waals surface area contributed by atoms with Gasteiger partial charge in [0, 0.05) is 23.5 Å². The first-order chi connectivity index (χ1) is 18.6. The molecule has 0 aromatic heterocycles. The van der Waals surface area contributed by atoms with Gasteiger partial charge in [0.2, 0.25) is 5.91 Å². The molecule has 39 heavy (non-hydrogen) atoms. The summed E-state index contributed by atoms with van der Waals surface area (Å²) in [6.07, 6.45) is 4.94. The van der Waals surface area contributed by atoms with E-state index in [9.17, 15) is 19.5 Å². The predicted octanol–water partition coefficient (Wildman–Crippen LogP) is 4.14. The molecule has 2 atom stereocenters. The average Bonchev–Trinajstić information content (AvgIpc) is 2.90. The summed E-state index contributed by atoms with van der Waals surface area (Å²) >= 11 is 4.25. The minimum Gasteiger partial charge on any atom is -0.444 e. The lowest BCUT2D eigenvalue weighted by molar-refractivity contribution is -0.140. The van der Waals surface area contributed by atoms with E-state index in [1.807, 2.05) is 36.4 Å². The lowest BCUT2D eigenvalue weighted by Gasteiger charge is -2.34. The Kier molecular flexibility index (Phi) is 9.99. The maximum absolute atomic E-state index is 13.9. The number of anilines is 1. The predicted molar refractivity (Wildman–Crippen MR) is 156 cm³/mol. The molecule has 3 aromatic rings. The standard InChI is InChI=1S/C30H33N3O5S/c1-5-20-10-8-9-13-24(20)26(27(35)31-23-15-14-21-11-6-7-12-22(21)18-23)33(16-17-34)28(36)25(19-39)32-29(37)38-30(2,3)4/h1,6-15,18,25-26,34,39H,16-17,19H2,2-4H3,(H,31,35)(H,32,37). The summed E-state index contributed by atoms with van der Waals surface area (Å²) in [4.78, 5) is 41.3. The van der Waals surface area contributed by atoms with Crippen LogP contribution in [-0.2, 0) is 14.3 Å². The molecule has 0 spiro atoms. The number of terminal acetylenes is 1. The molecular formula is C30H33N3O5S. The minimum atomic E-state index is -1.22. The lowest BCUT2D eigenvalue weighted by Crippen LogP contribution is -2.54. The quantitative estimate of drug-likeness (QED) is 0.238. The van der Waals surface area contributed by atoms with Gasteiger partial charge in [-0.25, -0.2) is 4.79 Å². The van der Waals surface area contributed by atoms with Gasteiger partial charge < -0.3 is 25.4 Å². The SMILES string of the molecule is C#Cc1ccccc1C(C(=O)Nc1ccc2ccccc2c1)N(CCO)C(=O)C(CS)NC(=O)OC(C)(C)C. The summed E-state index contributed by atoms with van der Waals surface area (Å²) in [5.74, 6) is 1.33. The third kappa shape index (κ3) is 7.76. The first kappa shape index (κ1) is 29.6. The Morgan fingerprint density at radius 3 is 2.36 bits per heavy atom. The highest BCUT2D eigenvalue weighted by molar-refractivity contribution is 7.80. The Hall–Kier alpha value is -4.00. The van der Waals surface area contributed by atoms with Crippen LogP contribution >= 0.6 is 12.6 Å². The summed E-state index contributed by atoms with van der Waals surface area (Å²) in [7, 11) is 0. The molecule has 0 aliphatic carbocycles. The number of nitrogens with one attached hydrogen (secondary N) is 2. The molecule has 0 radical (unpaired) electrons. The van der Waals surface area contributed by atoms with Crippen LogP contribution < -0.4 is 10.6 Å². The van der Waals surface area contributed by atoms with Gasteiger partial charge in [0.15, 0.2) is 0 Å². The number of carbonyl (C=O) groups excluding carboxylic acids is 3. The van der Waals surface area contributed by atoms with Gasteiger partial charge in [0.25, 0.3) is 5.91 Å². The average molecular weight is 548 g/mol. The number of alkyl carbamates (subject to hydrolysis) is 1. The van der Waals surface area contributed by atoms with E-state index in [0.717, 1.165) is 10.8 Å². The summed E-state index contributed by atoms with van der Waals surface area (Å²) in [6, 6.07) is 17.6. The molecule has 0 fully saturated rings. The minimum absolute atomic E-state index is 0.0736. The van der Waals surface area contributed by atoms with E-state index >= 15 is 0 Å². The molecule has 0 aliphatic heterocycles. The van der Waals surface area contributed by atoms with Crippen molar-refractivity contribution in [1.82, 2.24) is 10.2 Å². The van der Waals surface area contributed by atoms with Crippen LogP contribution in [0.2, 0.25) is 0 Å². The van der Waals surface area contributed by atoms with Crippen molar-refractivity contribution < 1.29 is 24.2 Å². The second-order valence-electron chi connectivity index (χ2n) is 9.82. The van der Waals surface area contributed by atoms with Crippen molar-refractivity contribution >= 4 is 47.0 Å². The van der Waals surface area contributed by atoms with Gasteiger partial charge in [-0.3, -0.25) is 9.59 Å². The molecular weight excluding hydrogens is 514 g/mol. The van der Waals surface area contributed by atoms with Gasteiger partial charge in [0.1, 0.15) is 17.7 Å². The number of ether oxygens (including phenoxy) is 1. The molecule has 8 nitrogen and oxygen atoms in total. The first-order valence-electron chi connectivity index (χ1n) is 12.4. The third-order valence-electron chi connectivity index (χ3n) is 5.78. The number of amides is 3. The second-order valence-corrected chi connectivity index (χ2v) is 10.2. The summed E-state index contributed by atoms with van der Waals surface area (Å²) in [5.41, 5.74) is 0.549. The smallest absolute Gasteiger partial charge is 0.408 e. The molecule has 0 saturated carbocycles. The van der Waals surface area contributed by atoms with Crippen LogP contribution in [0.1, 0.15) is 37.9 Å². The fourth-order valence-corrected chi connectivity index (χ4v) is 4.35. The number of nitrogens with zero attached hydrogens (tertiary/aromatic N) is 1. The van der Waals surface area contributed by atoms with E-state index in [-0.39, 0.29) is 12.3 Å². The molecule has 3 rings (SSSR count). The number of hydrogen-bond acceptors (Lipinski definition) is 6. The van der Waals surface area contributed by atoms with Crippen molar-refractivity contribution in [2.45, 2.75) is 38.5 Å². The Morgan fingerprint density at radius 2 is 1.72 bits per heavy atom. The highest BCUT2D eigenvalue weighted by Crippen LogP contribution is 2.28. The van der Waals surface area contributed by atoms with E-state index in [4.69, 9.17) is 11.2 Å². The fraction of sp³-hybridized carbons (Fsp3) is 0.300. The van der Waals surface area contributed by atoms with Crippen LogP contribution in [0.5, 0.6) is 0 Å². The first-order valence-corrected chi connectivity index (χ1v) is 13.1. The number of aliphatic hydroxyl groups is 1. The fourth-order valence-electron chi connectivity index (χ4n) is 4.10. The molecule has 2 unspecified atom stereocenters. The van der Waals surface area contributed by atoms with Crippen LogP contribution in [0.4, 0.5) is 10.5 Å². The number of hydrogen-bond donors (Lipinski definition) is 4. The van der Waals surface area contributed by atoms with Crippen LogP contribution in [0.25, 0.3) is 10.8 Å². The molecule has 9 heteroatoms. The Balaban J connectivity index is 2.01. The van der Waals surface area contributed by atoms with Crippen molar-refractivity contribution in [2.75, 3.05) is 24.2 Å². The van der Waals surface area contributed by atoms with Crippen LogP contribution in [0.15, 0.2) is 66.7 Å². The van der Waals surface area contributed by atoms with Crippen molar-refractivity contribution in [3.05, 3.63) is 77.9 Å². The van der Waals surface area contributed by atoms with Crippen LogP contribution in [0, 0.1) is 12.3 Å². The molecule has 3 amide bonds. The second kappa shape index (κ2) is 13.2. The Morgan fingerprint density at radius 1 is 1.05 bits per heavy atom. The topological polar surface area (TPSA) is 108 Å². The largest absolute Gasteiger partial charge is 0.444 e. The normalized spacial score (nSPS) is 12.6. The van der Waals surface area contributed by atoms with Gasteiger partial charge in [-0.2, -0.15) is 12.6 Å². The molecule has 0 heterocycles. The van der Waals surface area contributed by atoms with Crippen LogP contribution in [-0.4, -0.2) is 58.5 Å². The maximum Gasteiger partial charge on any atom is 0.408 e. The number of fused-ring (bicyclic) bond motifs is 1. The zero-order chi connectivity index (χ0) is 28.6. The van der Waals surface area contributed by atoms with Gasteiger partial charge in [0.05, 0.1) is 6.61 Å². The van der Waals surface area contributed by atoms with Crippen molar-refractivity contribution in [3.63, 3.8) is 0 Å². The van der Waals surface area contributed by atoms with Gasteiger partial charge in [-0.05, 0) is 55.3 Å². The molecule has 3 N–H and O–H groups in total. The lowest BCUT2D eigenvalue weighted by atomic mass is 9.97. The Bertz CT molecular complexity index is 1380. The third-order valence-corrected chi connectivity index (χ3v) is 6.15. The number of rotatable bonds is 9. The van der Waals surface area contributed by atoms with E-state index in [1.54, 1.807) is 51.1 Å². The molecule has 204 valence electrons. The number of aliphatic hydroxyl groups excluding tert-OH is 1. The van der Waals surface area contributed by atoms with Crippen molar-refractivity contribution in [1.29, 1.82) is 0 Å². The zero-order valence-corrected chi connectivity index (χ0v) is 23.1. The molecule has 0 bridgehead atoms. The van der Waals surface area contributed by atoms with E-state index in [1.165, 1.54) is 4.90 Å². The van der Waals surface area contributed by atoms with E-state index < -0.39 is 42.2 Å². The van der Waals surface area contributed by atoms with Crippen LogP contribution in [0.3, 0.4) is 0 Å². The number of carbonyl (C=O) groups is 3. The van der Waals surface area contributed by atoms with Crippen molar-refractivity contribution in [3.8, 4) is 12.3 Å². The summed E-state index contributed by atoms with van der Waals surface area (Å²) < 4.78 is 5.29.